The summed E-state index contributed by atoms with van der Waals surface area (Å²) in [7, 11) is -2.84. The topological polar surface area (TPSA) is 48.5 Å². The lowest BCUT2D eigenvalue weighted by molar-refractivity contribution is 0.953. The fourth-order valence-electron chi connectivity index (χ4n) is 11.4. The van der Waals surface area contributed by atoms with E-state index in [0.29, 0.717) is 28.7 Å². The second kappa shape index (κ2) is 18.4. The molecule has 0 atom stereocenters. The van der Waals surface area contributed by atoms with Crippen LogP contribution < -0.4 is 20.7 Å². The summed E-state index contributed by atoms with van der Waals surface area (Å²) in [6, 6.07) is 86.7. The molecule has 0 fully saturated rings. The van der Waals surface area contributed by atoms with Crippen molar-refractivity contribution < 1.29 is 6.85 Å². The molecule has 0 amide bonds. The third kappa shape index (κ3) is 7.25. The smallest absolute Gasteiger partial charge is 0.238 e. The molecule has 0 unspecified atom stereocenters. The maximum atomic E-state index is 9.24. The van der Waals surface area contributed by atoms with Crippen LogP contribution in [0.1, 0.15) is 6.85 Å². The molecule has 0 saturated heterocycles. The minimum atomic E-state index is -2.84. The molecule has 3 heterocycles. The quantitative estimate of drug-likeness (QED) is 0.101. The van der Waals surface area contributed by atoms with Crippen molar-refractivity contribution in [2.45, 2.75) is 0 Å². The van der Waals surface area contributed by atoms with Crippen molar-refractivity contribution in [1.82, 2.24) is 24.1 Å². The molecule has 11 aromatic carbocycles. The summed E-state index contributed by atoms with van der Waals surface area (Å²) in [5, 5.41) is 9.06. The average Bonchev–Trinajstić information content (AvgIpc) is 4.05. The molecule has 0 radical (unpaired) electrons. The summed E-state index contributed by atoms with van der Waals surface area (Å²) < 4.78 is 48.9. The third-order valence-corrected chi connectivity index (χ3v) is 19.4. The predicted octanol–water partition coefficient (Wildman–Crippen LogP) is 14.1. The molecule has 0 bridgehead atoms. The van der Waals surface area contributed by atoms with Gasteiger partial charge >= 0.3 is 0 Å². The van der Waals surface area contributed by atoms with Crippen LogP contribution in [0, 0.1) is 0 Å². The molecule has 0 aliphatic rings. The second-order valence-corrected chi connectivity index (χ2v) is 22.5. The average molecular weight is 979 g/mol. The molecule has 14 rings (SSSR count). The van der Waals surface area contributed by atoms with Gasteiger partial charge in [0.2, 0.25) is 5.95 Å². The van der Waals surface area contributed by atoms with E-state index in [1.54, 1.807) is 0 Å². The number of nitrogens with zero attached hydrogens (tertiary/aromatic N) is 5. The van der Waals surface area contributed by atoms with Crippen LogP contribution in [0.2, 0.25) is 0 Å². The first-order valence-corrected chi connectivity index (χ1v) is 27.1. The lowest BCUT2D eigenvalue weighted by atomic mass is 9.93. The highest BCUT2D eigenvalue weighted by molar-refractivity contribution is 7.19. The van der Waals surface area contributed by atoms with Crippen LogP contribution in [0.15, 0.2) is 285 Å². The first-order valence-electron chi connectivity index (χ1n) is 27.6. The van der Waals surface area contributed by atoms with Gasteiger partial charge in [-0.3, -0.25) is 4.57 Å². The maximum Gasteiger partial charge on any atom is 0.238 e. The van der Waals surface area contributed by atoms with E-state index >= 15 is 0 Å². The Balaban J connectivity index is 1.05. The Morgan fingerprint density at radius 2 is 0.760 bits per heavy atom. The number of fused-ring (bicyclic) bond motifs is 7. The summed E-state index contributed by atoms with van der Waals surface area (Å²) in [5.41, 5.74) is 8.19. The summed E-state index contributed by atoms with van der Waals surface area (Å²) in [6.45, 7) is 0. The first-order chi connectivity index (χ1) is 39.3. The molecular formula is C69H47N5Si. The Morgan fingerprint density at radius 1 is 0.320 bits per heavy atom. The van der Waals surface area contributed by atoms with Crippen molar-refractivity contribution in [1.29, 1.82) is 0 Å². The monoisotopic (exact) mass is 978 g/mol. The first kappa shape index (κ1) is 38.9. The molecule has 14 aromatic rings. The molecule has 0 spiro atoms. The highest BCUT2D eigenvalue weighted by atomic mass is 28.3. The van der Waals surface area contributed by atoms with Gasteiger partial charge in [-0.05, 0) is 55.6 Å². The fourth-order valence-corrected chi connectivity index (χ4v) is 16.2. The van der Waals surface area contributed by atoms with Gasteiger partial charge in [0.1, 0.15) is 0 Å². The van der Waals surface area contributed by atoms with E-state index in [1.807, 2.05) is 84.9 Å². The Kier molecular flexibility index (Phi) is 9.52. The molecule has 0 aliphatic carbocycles. The summed E-state index contributed by atoms with van der Waals surface area (Å²) in [6.07, 6.45) is 0. The summed E-state index contributed by atoms with van der Waals surface area (Å²) in [5.74, 6) is 1.47. The van der Waals surface area contributed by atoms with E-state index in [0.717, 1.165) is 66.0 Å². The lowest BCUT2D eigenvalue weighted by Crippen LogP contribution is -2.74. The van der Waals surface area contributed by atoms with Crippen LogP contribution in [-0.2, 0) is 0 Å². The number of hydrogen-bond acceptors (Lipinski definition) is 3. The predicted molar refractivity (Wildman–Crippen MR) is 314 cm³/mol. The van der Waals surface area contributed by atoms with Gasteiger partial charge < -0.3 is 4.57 Å². The van der Waals surface area contributed by atoms with Crippen LogP contribution in [0.25, 0.3) is 100 Å². The zero-order valence-corrected chi connectivity index (χ0v) is 41.5. The highest BCUT2D eigenvalue weighted by Crippen LogP contribution is 2.45. The minimum Gasteiger partial charge on any atom is -0.307 e. The van der Waals surface area contributed by atoms with Crippen LogP contribution in [0.5, 0.6) is 0 Å². The zero-order valence-electron chi connectivity index (χ0n) is 45.5. The molecule has 0 saturated carbocycles. The van der Waals surface area contributed by atoms with Crippen LogP contribution in [0.4, 0.5) is 0 Å². The molecule has 352 valence electrons. The van der Waals surface area contributed by atoms with Crippen LogP contribution in [0.3, 0.4) is 0 Å². The van der Waals surface area contributed by atoms with E-state index in [2.05, 4.69) is 179 Å². The van der Waals surface area contributed by atoms with Gasteiger partial charge in [-0.2, -0.15) is 9.97 Å². The van der Waals surface area contributed by atoms with Crippen molar-refractivity contribution >= 4 is 72.4 Å². The summed E-state index contributed by atoms with van der Waals surface area (Å²) >= 11 is 0. The van der Waals surface area contributed by atoms with Crippen molar-refractivity contribution in [3.8, 4) is 56.7 Å². The fraction of sp³-hybridized carbons (Fsp3) is 0. The number of rotatable bonds is 10. The third-order valence-electron chi connectivity index (χ3n) is 14.6. The van der Waals surface area contributed by atoms with Gasteiger partial charge in [0, 0.05) is 38.2 Å². The largest absolute Gasteiger partial charge is 0.307 e. The summed E-state index contributed by atoms with van der Waals surface area (Å²) in [4.78, 5) is 16.2. The van der Waals surface area contributed by atoms with Crippen molar-refractivity contribution in [3.63, 3.8) is 0 Å². The molecule has 5 nitrogen and oxygen atoms in total. The Labute approximate surface area is 443 Å². The molecular weight excluding hydrogens is 927 g/mol. The lowest BCUT2D eigenvalue weighted by Gasteiger charge is -2.34. The van der Waals surface area contributed by atoms with E-state index in [1.165, 1.54) is 20.7 Å². The van der Waals surface area contributed by atoms with Crippen LogP contribution in [-0.4, -0.2) is 32.2 Å². The number of para-hydroxylation sites is 2. The number of benzene rings is 11. The van der Waals surface area contributed by atoms with Gasteiger partial charge in [0.15, 0.2) is 19.7 Å². The Bertz CT molecular complexity index is 4560. The maximum absolute atomic E-state index is 9.24. The van der Waals surface area contributed by atoms with E-state index < -0.39 is 26.2 Å². The Hall–Kier alpha value is -9.75. The van der Waals surface area contributed by atoms with E-state index in [9.17, 15) is 2.74 Å². The standard InChI is InChI=1S/C69H47N5Si/c1-7-24-48(25-8-1)56-38-23-41-63(64(56)49-26-9-2-10-27-49)73-61-39-21-19-36-57(61)59-46-47-60-58-37-20-22-40-62(58)74(66(60)65(59)73)69-71-67(50-28-11-3-12-29-50)70-68(72-69)51-42-44-55(45-43-51)75(52-30-13-4-14-31-52,53-32-15-5-16-33-53)54-34-17-6-18-35-54/h1-47H/i1D,7D,8D,24D,25D. The molecule has 6 heteroatoms. The van der Waals surface area contributed by atoms with Gasteiger partial charge in [-0.15, -0.1) is 0 Å². The molecule has 3 aromatic heterocycles. The van der Waals surface area contributed by atoms with Gasteiger partial charge in [0.25, 0.3) is 0 Å². The molecule has 0 N–H and O–H groups in total. The van der Waals surface area contributed by atoms with Crippen molar-refractivity contribution in [3.05, 3.63) is 285 Å². The van der Waals surface area contributed by atoms with Crippen molar-refractivity contribution in [2.24, 2.45) is 0 Å². The normalized spacial score (nSPS) is 12.7. The van der Waals surface area contributed by atoms with Crippen molar-refractivity contribution in [2.75, 3.05) is 0 Å². The van der Waals surface area contributed by atoms with Gasteiger partial charge in [-0.25, -0.2) is 4.98 Å². The van der Waals surface area contributed by atoms with E-state index in [4.69, 9.17) is 19.1 Å². The van der Waals surface area contributed by atoms with E-state index in [-0.39, 0.29) is 17.6 Å². The Morgan fingerprint density at radius 3 is 1.31 bits per heavy atom. The van der Waals surface area contributed by atoms with Crippen LogP contribution >= 0.6 is 0 Å². The minimum absolute atomic E-state index is 0.129. The number of hydrogen-bond donors (Lipinski definition) is 0. The number of aromatic nitrogens is 5. The zero-order chi connectivity index (χ0) is 54.1. The highest BCUT2D eigenvalue weighted by Gasteiger charge is 2.41. The SMILES string of the molecule is [2H]c1c([2H])c([2H])c(-c2cccc(-n3c4ccccc4c4ccc5c6ccccc6n(-c6nc(-c7ccccc7)nc(-c7ccc([Si](c8ccccc8)(c8ccccc8)c8ccccc8)cc7)n6)c5c43)c2-c2ccccc2)c([2H])c1[2H]. The molecule has 0 aliphatic heterocycles. The van der Waals surface area contributed by atoms with Gasteiger partial charge in [0.05, 0.1) is 34.6 Å². The molecule has 75 heavy (non-hydrogen) atoms. The second-order valence-electron chi connectivity index (χ2n) is 18.7. The van der Waals surface area contributed by atoms with Gasteiger partial charge in [-0.1, -0.05) is 267 Å².